The zero-order valence-electron chi connectivity index (χ0n) is 9.86. The first-order chi connectivity index (χ1) is 6.12. The molecule has 0 N–H and O–H groups in total. The van der Waals surface area contributed by atoms with Crippen LogP contribution in [0.3, 0.4) is 0 Å². The molecule has 0 aliphatic heterocycles. The Kier molecular flexibility index (Phi) is 3.04. The second-order valence-electron chi connectivity index (χ2n) is 5.79. The van der Waals surface area contributed by atoms with Gasteiger partial charge in [0.05, 0.1) is 5.02 Å². The molecule has 1 aromatic heterocycles. The van der Waals surface area contributed by atoms with E-state index in [1.807, 2.05) is 11.3 Å². The Bertz CT molecular complexity index is 323. The van der Waals surface area contributed by atoms with Crippen molar-refractivity contribution in [3.05, 3.63) is 20.8 Å². The van der Waals surface area contributed by atoms with Crippen LogP contribution in [0.4, 0.5) is 0 Å². The van der Waals surface area contributed by atoms with Crippen LogP contribution in [-0.2, 0) is 10.8 Å². The van der Waals surface area contributed by atoms with Gasteiger partial charge in [0.25, 0.3) is 0 Å². The zero-order valence-corrected chi connectivity index (χ0v) is 11.4. The van der Waals surface area contributed by atoms with E-state index in [-0.39, 0.29) is 10.8 Å². The summed E-state index contributed by atoms with van der Waals surface area (Å²) in [5.74, 6) is 0. The van der Waals surface area contributed by atoms with Crippen molar-refractivity contribution in [2.45, 2.75) is 52.4 Å². The molecular weight excluding hydrogens is 212 g/mol. The molecule has 0 amide bonds. The first-order valence-corrected chi connectivity index (χ1v) is 6.12. The maximum Gasteiger partial charge on any atom is 0.0553 e. The fourth-order valence-electron chi connectivity index (χ4n) is 1.25. The lowest BCUT2D eigenvalue weighted by Gasteiger charge is -2.18. The topological polar surface area (TPSA) is 0 Å². The summed E-state index contributed by atoms with van der Waals surface area (Å²) in [5.41, 5.74) is 0.364. The molecule has 0 nitrogen and oxygen atoms in total. The predicted molar refractivity (Wildman–Crippen MR) is 66.7 cm³/mol. The molecule has 0 atom stereocenters. The maximum absolute atomic E-state index is 6.25. The Hall–Kier alpha value is -0.0100. The summed E-state index contributed by atoms with van der Waals surface area (Å²) < 4.78 is 0. The molecule has 1 rings (SSSR count). The van der Waals surface area contributed by atoms with Crippen molar-refractivity contribution in [3.63, 3.8) is 0 Å². The fraction of sp³-hybridized carbons (Fsp3) is 0.667. The minimum atomic E-state index is 0.158. The molecule has 0 bridgehead atoms. The number of hydrogen-bond acceptors (Lipinski definition) is 1. The molecule has 0 radical (unpaired) electrons. The third-order valence-electron chi connectivity index (χ3n) is 2.11. The van der Waals surface area contributed by atoms with Gasteiger partial charge in [0, 0.05) is 9.75 Å². The summed E-state index contributed by atoms with van der Waals surface area (Å²) in [6, 6.07) is 2.12. The summed E-state index contributed by atoms with van der Waals surface area (Å²) >= 11 is 8.09. The molecule has 0 fully saturated rings. The van der Waals surface area contributed by atoms with Crippen molar-refractivity contribution in [1.82, 2.24) is 0 Å². The van der Waals surface area contributed by atoms with Crippen molar-refractivity contribution in [2.75, 3.05) is 0 Å². The number of halogens is 1. The number of hydrogen-bond donors (Lipinski definition) is 0. The van der Waals surface area contributed by atoms with Gasteiger partial charge in [-0.3, -0.25) is 0 Å². The van der Waals surface area contributed by atoms with Crippen molar-refractivity contribution >= 4 is 22.9 Å². The molecular formula is C12H19ClS. The van der Waals surface area contributed by atoms with Crippen molar-refractivity contribution in [1.29, 1.82) is 0 Å². The van der Waals surface area contributed by atoms with E-state index in [0.717, 1.165) is 5.02 Å². The third-order valence-corrected chi connectivity index (χ3v) is 4.50. The van der Waals surface area contributed by atoms with Gasteiger partial charge < -0.3 is 0 Å². The monoisotopic (exact) mass is 230 g/mol. The third kappa shape index (κ3) is 2.52. The van der Waals surface area contributed by atoms with Crippen LogP contribution in [0, 0.1) is 0 Å². The van der Waals surface area contributed by atoms with Gasteiger partial charge in [0.1, 0.15) is 0 Å². The lowest BCUT2D eigenvalue weighted by molar-refractivity contribution is 0.602. The minimum Gasteiger partial charge on any atom is -0.143 e. The molecule has 2 heteroatoms. The first kappa shape index (κ1) is 12.1. The number of rotatable bonds is 0. The molecule has 1 aromatic rings. The Morgan fingerprint density at radius 1 is 1.00 bits per heavy atom. The van der Waals surface area contributed by atoms with E-state index < -0.39 is 0 Å². The molecule has 1 heterocycles. The molecule has 14 heavy (non-hydrogen) atoms. The number of thiophene rings is 1. The smallest absolute Gasteiger partial charge is 0.0553 e. The Balaban J connectivity index is 3.19. The molecule has 0 aromatic carbocycles. The van der Waals surface area contributed by atoms with Crippen molar-refractivity contribution in [2.24, 2.45) is 0 Å². The van der Waals surface area contributed by atoms with Gasteiger partial charge in [0.2, 0.25) is 0 Å². The zero-order chi connectivity index (χ0) is 11.1. The van der Waals surface area contributed by atoms with Crippen LogP contribution in [0.25, 0.3) is 0 Å². The first-order valence-electron chi connectivity index (χ1n) is 4.92. The fourth-order valence-corrected chi connectivity index (χ4v) is 2.99. The lowest BCUT2D eigenvalue weighted by atomic mass is 9.93. The second kappa shape index (κ2) is 3.53. The normalized spacial score (nSPS) is 13.4. The minimum absolute atomic E-state index is 0.158. The molecule has 80 valence electrons. The van der Waals surface area contributed by atoms with E-state index >= 15 is 0 Å². The van der Waals surface area contributed by atoms with Crippen molar-refractivity contribution < 1.29 is 0 Å². The standard InChI is InChI=1S/C12H19ClS/c1-11(2,3)9-7-8(13)10(14-9)12(4,5)6/h7H,1-6H3. The van der Waals surface area contributed by atoms with Crippen LogP contribution in [0.5, 0.6) is 0 Å². The van der Waals surface area contributed by atoms with Gasteiger partial charge in [-0.1, -0.05) is 53.1 Å². The summed E-state index contributed by atoms with van der Waals surface area (Å²) in [4.78, 5) is 2.66. The molecule has 0 aliphatic rings. The van der Waals surface area contributed by atoms with Gasteiger partial charge in [-0.05, 0) is 16.9 Å². The Labute approximate surface area is 96.3 Å². The van der Waals surface area contributed by atoms with E-state index in [1.165, 1.54) is 9.75 Å². The highest BCUT2D eigenvalue weighted by Gasteiger charge is 2.24. The Morgan fingerprint density at radius 2 is 1.50 bits per heavy atom. The quantitative estimate of drug-likeness (QED) is 0.589. The van der Waals surface area contributed by atoms with Crippen LogP contribution < -0.4 is 0 Å². The highest BCUT2D eigenvalue weighted by Crippen LogP contribution is 2.40. The summed E-state index contributed by atoms with van der Waals surface area (Å²) in [6.07, 6.45) is 0. The van der Waals surface area contributed by atoms with E-state index in [0.29, 0.717) is 0 Å². The Morgan fingerprint density at radius 3 is 1.71 bits per heavy atom. The SMILES string of the molecule is CC(C)(C)c1cc(Cl)c(C(C)(C)C)s1. The average molecular weight is 231 g/mol. The molecule has 0 aliphatic carbocycles. The van der Waals surface area contributed by atoms with E-state index in [9.17, 15) is 0 Å². The molecule has 0 saturated heterocycles. The summed E-state index contributed by atoms with van der Waals surface area (Å²) in [5, 5.41) is 0.924. The van der Waals surface area contributed by atoms with Crippen LogP contribution in [0.2, 0.25) is 5.02 Å². The van der Waals surface area contributed by atoms with E-state index in [4.69, 9.17) is 11.6 Å². The van der Waals surface area contributed by atoms with Crippen molar-refractivity contribution in [3.8, 4) is 0 Å². The van der Waals surface area contributed by atoms with Crippen LogP contribution in [-0.4, -0.2) is 0 Å². The average Bonchev–Trinajstić information content (AvgIpc) is 2.27. The summed E-state index contributed by atoms with van der Waals surface area (Å²) in [7, 11) is 0. The predicted octanol–water partition coefficient (Wildman–Crippen LogP) is 5.00. The summed E-state index contributed by atoms with van der Waals surface area (Å²) in [6.45, 7) is 13.3. The second-order valence-corrected chi connectivity index (χ2v) is 7.25. The van der Waals surface area contributed by atoms with Crippen LogP contribution >= 0.6 is 22.9 Å². The van der Waals surface area contributed by atoms with E-state index in [2.05, 4.69) is 47.6 Å². The van der Waals surface area contributed by atoms with Gasteiger partial charge >= 0.3 is 0 Å². The molecule has 0 saturated carbocycles. The van der Waals surface area contributed by atoms with Crippen LogP contribution in [0.1, 0.15) is 51.3 Å². The largest absolute Gasteiger partial charge is 0.143 e. The molecule has 0 spiro atoms. The highest BCUT2D eigenvalue weighted by molar-refractivity contribution is 7.13. The molecule has 0 unspecified atom stereocenters. The van der Waals surface area contributed by atoms with Gasteiger partial charge in [0.15, 0.2) is 0 Å². The van der Waals surface area contributed by atoms with Crippen LogP contribution in [0.15, 0.2) is 6.07 Å². The lowest BCUT2D eigenvalue weighted by Crippen LogP contribution is -2.10. The van der Waals surface area contributed by atoms with Gasteiger partial charge in [-0.25, -0.2) is 0 Å². The highest BCUT2D eigenvalue weighted by atomic mass is 35.5. The maximum atomic E-state index is 6.25. The van der Waals surface area contributed by atoms with Gasteiger partial charge in [-0.15, -0.1) is 11.3 Å². The van der Waals surface area contributed by atoms with Gasteiger partial charge in [-0.2, -0.15) is 0 Å². The van der Waals surface area contributed by atoms with E-state index in [1.54, 1.807) is 0 Å².